The Kier molecular flexibility index (Phi) is 4.58. The van der Waals surface area contributed by atoms with Crippen molar-refractivity contribution >= 4 is 11.9 Å². The normalized spacial score (nSPS) is 16.4. The topological polar surface area (TPSA) is 77.8 Å². The average molecular weight is 259 g/mol. The molecule has 18 heavy (non-hydrogen) atoms. The van der Waals surface area contributed by atoms with E-state index in [-0.39, 0.29) is 0 Å². The van der Waals surface area contributed by atoms with Gasteiger partial charge < -0.3 is 10.2 Å². The molecule has 0 unspecified atom stereocenters. The van der Waals surface area contributed by atoms with E-state index >= 15 is 0 Å². The number of aliphatic carboxylic acids is 2. The second kappa shape index (κ2) is 4.88. The predicted molar refractivity (Wildman–Crippen MR) is 69.6 cm³/mol. The van der Waals surface area contributed by atoms with Crippen molar-refractivity contribution in [3.05, 3.63) is 0 Å². The largest absolute Gasteiger partial charge is 0.481 e. The van der Waals surface area contributed by atoms with Gasteiger partial charge in [-0.1, -0.05) is 20.8 Å². The second-order valence-corrected chi connectivity index (χ2v) is 6.72. The number of nitrogens with zero attached hydrogens (tertiary/aromatic N) is 1. The molecule has 0 aliphatic carbocycles. The molecule has 0 rings (SSSR count). The lowest BCUT2D eigenvalue weighted by Gasteiger charge is -2.52. The van der Waals surface area contributed by atoms with Crippen molar-refractivity contribution in [1.29, 1.82) is 0 Å². The fourth-order valence-electron chi connectivity index (χ4n) is 2.22. The van der Waals surface area contributed by atoms with E-state index in [1.54, 1.807) is 32.7 Å². The number of carbonyl (C=O) groups is 2. The van der Waals surface area contributed by atoms with Crippen LogP contribution in [0, 0.1) is 5.41 Å². The highest BCUT2D eigenvalue weighted by molar-refractivity contribution is 5.86. The molecule has 0 fully saturated rings. The van der Waals surface area contributed by atoms with Crippen LogP contribution in [0.2, 0.25) is 0 Å². The zero-order valence-electron chi connectivity index (χ0n) is 12.4. The van der Waals surface area contributed by atoms with Crippen LogP contribution in [0.5, 0.6) is 0 Å². The molecule has 0 amide bonds. The number of carboxylic acids is 2. The first-order chi connectivity index (χ1) is 7.76. The maximum Gasteiger partial charge on any atom is 0.325 e. The van der Waals surface area contributed by atoms with Gasteiger partial charge in [0.05, 0.1) is 6.42 Å². The zero-order chi connectivity index (χ0) is 14.9. The Morgan fingerprint density at radius 1 is 1.00 bits per heavy atom. The fraction of sp³-hybridized carbons (Fsp3) is 0.846. The van der Waals surface area contributed by atoms with Gasteiger partial charge in [-0.3, -0.25) is 14.5 Å². The summed E-state index contributed by atoms with van der Waals surface area (Å²) >= 11 is 0. The van der Waals surface area contributed by atoms with Crippen molar-refractivity contribution in [1.82, 2.24) is 4.90 Å². The molecule has 2 N–H and O–H groups in total. The Morgan fingerprint density at radius 2 is 1.39 bits per heavy atom. The maximum atomic E-state index is 11.8. The quantitative estimate of drug-likeness (QED) is 0.808. The Bertz CT molecular complexity index is 338. The molecule has 0 aromatic carbocycles. The molecule has 0 radical (unpaired) electrons. The lowest BCUT2D eigenvalue weighted by molar-refractivity contribution is -0.172. The molecule has 0 spiro atoms. The van der Waals surface area contributed by atoms with Crippen LogP contribution in [-0.2, 0) is 9.59 Å². The fourth-order valence-corrected chi connectivity index (χ4v) is 2.22. The molecule has 0 aliphatic heterocycles. The Morgan fingerprint density at radius 3 is 1.56 bits per heavy atom. The van der Waals surface area contributed by atoms with Crippen molar-refractivity contribution < 1.29 is 19.8 Å². The van der Waals surface area contributed by atoms with Gasteiger partial charge in [-0.15, -0.1) is 0 Å². The van der Waals surface area contributed by atoms with Gasteiger partial charge in [0.1, 0.15) is 5.54 Å². The van der Waals surface area contributed by atoms with Gasteiger partial charge in [0.25, 0.3) is 0 Å². The van der Waals surface area contributed by atoms with Crippen LogP contribution < -0.4 is 0 Å². The minimum absolute atomic E-state index is 0.431. The van der Waals surface area contributed by atoms with Gasteiger partial charge in [-0.05, 0) is 33.2 Å². The summed E-state index contributed by atoms with van der Waals surface area (Å²) in [6.07, 6.45) is -0.431. The molecule has 0 aromatic rings. The molecule has 0 aromatic heterocycles. The minimum Gasteiger partial charge on any atom is -0.481 e. The summed E-state index contributed by atoms with van der Waals surface area (Å²) in [4.78, 5) is 24.5. The number of carboxylic acid groups (broad SMARTS) is 2. The van der Waals surface area contributed by atoms with Gasteiger partial charge >= 0.3 is 11.9 Å². The van der Waals surface area contributed by atoms with Crippen molar-refractivity contribution in [3.8, 4) is 0 Å². The smallest absolute Gasteiger partial charge is 0.325 e. The van der Waals surface area contributed by atoms with Crippen LogP contribution in [0.1, 0.15) is 48.0 Å². The molecular weight excluding hydrogens is 234 g/mol. The number of rotatable bonds is 4. The summed E-state index contributed by atoms with van der Waals surface area (Å²) in [6, 6.07) is 0. The zero-order valence-corrected chi connectivity index (χ0v) is 12.4. The average Bonchev–Trinajstić information content (AvgIpc) is 2.08. The van der Waals surface area contributed by atoms with E-state index in [9.17, 15) is 14.7 Å². The summed E-state index contributed by atoms with van der Waals surface area (Å²) in [5.74, 6) is -2.21. The summed E-state index contributed by atoms with van der Waals surface area (Å²) in [5.41, 5.74) is -2.60. The van der Waals surface area contributed by atoms with Crippen molar-refractivity contribution in [2.24, 2.45) is 5.41 Å². The van der Waals surface area contributed by atoms with Gasteiger partial charge in [-0.2, -0.15) is 0 Å². The van der Waals surface area contributed by atoms with E-state index in [0.717, 1.165) is 0 Å². The molecule has 5 nitrogen and oxygen atoms in total. The molecule has 106 valence electrons. The van der Waals surface area contributed by atoms with E-state index in [1.807, 2.05) is 20.8 Å². The SMILES string of the molecule is CN(C(C)(C)C)[C@@](CC(=O)O)(C(=O)O)C(C)(C)C. The second-order valence-electron chi connectivity index (χ2n) is 6.72. The molecule has 1 atom stereocenters. The third-order valence-electron chi connectivity index (χ3n) is 3.58. The monoisotopic (exact) mass is 259 g/mol. The van der Waals surface area contributed by atoms with Gasteiger partial charge in [0, 0.05) is 5.54 Å². The Labute approximate surface area is 109 Å². The number of hydrogen-bond acceptors (Lipinski definition) is 3. The highest BCUT2D eigenvalue weighted by atomic mass is 16.4. The maximum absolute atomic E-state index is 11.8. The number of hydrogen-bond donors (Lipinski definition) is 2. The predicted octanol–water partition coefficient (Wildman–Crippen LogP) is 2.06. The van der Waals surface area contributed by atoms with E-state index in [4.69, 9.17) is 5.11 Å². The highest BCUT2D eigenvalue weighted by Crippen LogP contribution is 2.41. The van der Waals surface area contributed by atoms with Crippen LogP contribution in [0.4, 0.5) is 0 Å². The Hall–Kier alpha value is -1.10. The van der Waals surface area contributed by atoms with Crippen LogP contribution in [0.25, 0.3) is 0 Å². The standard InChI is InChI=1S/C13H25NO4/c1-11(2,3)13(10(17)18,8-9(15)16)14(7)12(4,5)6/h8H2,1-7H3,(H,15,16)(H,17,18)/t13-/m0/s1. The van der Waals surface area contributed by atoms with Crippen LogP contribution in [0.3, 0.4) is 0 Å². The van der Waals surface area contributed by atoms with Gasteiger partial charge in [0.15, 0.2) is 0 Å². The van der Waals surface area contributed by atoms with E-state index in [1.165, 1.54) is 0 Å². The highest BCUT2D eigenvalue weighted by Gasteiger charge is 2.55. The first kappa shape index (κ1) is 16.9. The van der Waals surface area contributed by atoms with Crippen molar-refractivity contribution in [2.75, 3.05) is 7.05 Å². The molecule has 0 bridgehead atoms. The number of likely N-dealkylation sites (N-methyl/N-ethyl adjacent to an activating group) is 1. The summed E-state index contributed by atoms with van der Waals surface area (Å²) < 4.78 is 0. The van der Waals surface area contributed by atoms with Gasteiger partial charge in [-0.25, -0.2) is 0 Å². The molecule has 0 heterocycles. The van der Waals surface area contributed by atoms with Crippen LogP contribution in [-0.4, -0.2) is 45.2 Å². The lowest BCUT2D eigenvalue weighted by Crippen LogP contribution is -2.66. The van der Waals surface area contributed by atoms with Crippen LogP contribution >= 0.6 is 0 Å². The molecular formula is C13H25NO4. The first-order valence-corrected chi connectivity index (χ1v) is 5.96. The third-order valence-corrected chi connectivity index (χ3v) is 3.58. The van der Waals surface area contributed by atoms with Gasteiger partial charge in [0.2, 0.25) is 0 Å². The minimum atomic E-state index is -1.45. The van der Waals surface area contributed by atoms with E-state index in [2.05, 4.69) is 0 Å². The van der Waals surface area contributed by atoms with E-state index < -0.39 is 34.9 Å². The third kappa shape index (κ3) is 3.02. The summed E-state index contributed by atoms with van der Waals surface area (Å²) in [5, 5.41) is 18.7. The molecule has 0 saturated carbocycles. The molecule has 5 heteroatoms. The summed E-state index contributed by atoms with van der Waals surface area (Å²) in [6.45, 7) is 10.9. The Balaban J connectivity index is 5.94. The molecule has 0 saturated heterocycles. The first-order valence-electron chi connectivity index (χ1n) is 5.96. The molecule has 0 aliphatic rings. The lowest BCUT2D eigenvalue weighted by atomic mass is 9.69. The van der Waals surface area contributed by atoms with Crippen molar-refractivity contribution in [3.63, 3.8) is 0 Å². The van der Waals surface area contributed by atoms with E-state index in [0.29, 0.717) is 0 Å². The summed E-state index contributed by atoms with van der Waals surface area (Å²) in [7, 11) is 1.67. The van der Waals surface area contributed by atoms with Crippen LogP contribution in [0.15, 0.2) is 0 Å². The van der Waals surface area contributed by atoms with Crippen molar-refractivity contribution in [2.45, 2.75) is 59.0 Å².